The molecule has 11 rings (SSSR count). The first-order chi connectivity index (χ1) is 29.6. The second kappa shape index (κ2) is 13.8. The zero-order valence-electron chi connectivity index (χ0n) is 35.4. The van der Waals surface area contributed by atoms with Crippen LogP contribution in [0.15, 0.2) is 156 Å². The number of nitrogens with zero attached hydrogens (tertiary/aromatic N) is 3. The normalized spacial score (nSPS) is 17.5. The Bertz CT molecular complexity index is 3400. The van der Waals surface area contributed by atoms with Crippen molar-refractivity contribution in [3.63, 3.8) is 0 Å². The quantitative estimate of drug-likeness (QED) is 0.155. The van der Waals surface area contributed by atoms with Gasteiger partial charge in [-0.05, 0) is 48.4 Å². The van der Waals surface area contributed by atoms with E-state index < -0.39 is 5.41 Å². The van der Waals surface area contributed by atoms with E-state index in [4.69, 9.17) is 15.5 Å². The number of aliphatic imine (C=N–C) groups is 1. The van der Waals surface area contributed by atoms with Gasteiger partial charge in [0.15, 0.2) is 0 Å². The molecule has 0 fully saturated rings. The molecular weight excluding hydrogens is 737 g/mol. The zero-order chi connectivity index (χ0) is 41.7. The topological polar surface area (TPSA) is 57.5 Å². The van der Waals surface area contributed by atoms with Crippen molar-refractivity contribution in [2.24, 2.45) is 16.1 Å². The van der Waals surface area contributed by atoms with Crippen molar-refractivity contribution < 1.29 is 4.74 Å². The van der Waals surface area contributed by atoms with E-state index in [1.807, 2.05) is 42.5 Å². The minimum Gasteiger partial charge on any atom is -0.464 e. The van der Waals surface area contributed by atoms with Gasteiger partial charge in [0, 0.05) is 55.8 Å². The molecule has 11 heteroatoms. The van der Waals surface area contributed by atoms with Gasteiger partial charge in [0.2, 0.25) is 0 Å². The third kappa shape index (κ3) is 5.55. The van der Waals surface area contributed by atoms with Gasteiger partial charge in [0.05, 0.1) is 27.8 Å². The number of allylic oxidation sites excluding steroid dienone is 6. The SMILES string of the molecule is Bc1cc(B)c2c(c1)c1c(B)c(B)c3c4cc(B)cc(B)c4n(-c4c#cccc4)c3c1n2C1=CC2=C(CC1)OC1=CC=CC12/C=C(/N=C(\N)c1ccccc1)c1ccccc1. The molecule has 61 heavy (non-hydrogen) atoms. The van der Waals surface area contributed by atoms with E-state index in [0.29, 0.717) is 5.84 Å². The molecule has 2 aromatic heterocycles. The third-order valence-electron chi connectivity index (χ3n) is 13.2. The first kappa shape index (κ1) is 37.1. The summed E-state index contributed by atoms with van der Waals surface area (Å²) in [6.07, 6.45) is 12.7. The Labute approximate surface area is 361 Å². The molecule has 0 spiro atoms. The van der Waals surface area contributed by atoms with E-state index in [-0.39, 0.29) is 0 Å². The number of hydrogen-bond donors (Lipinski definition) is 1. The summed E-state index contributed by atoms with van der Waals surface area (Å²) in [5, 5.41) is 5.12. The summed E-state index contributed by atoms with van der Waals surface area (Å²) in [4.78, 5) is 5.15. The molecule has 3 aliphatic rings. The van der Waals surface area contributed by atoms with Crippen molar-refractivity contribution in [1.82, 2.24) is 9.13 Å². The summed E-state index contributed by atoms with van der Waals surface area (Å²) in [5.41, 5.74) is 24.6. The first-order valence-electron chi connectivity index (χ1n) is 21.2. The number of nitrogens with two attached hydrogens (primary N) is 1. The maximum atomic E-state index is 6.83. The highest BCUT2D eigenvalue weighted by Gasteiger charge is 2.46. The lowest BCUT2D eigenvalue weighted by Crippen LogP contribution is -2.27. The number of fused-ring (bicyclic) bond motifs is 9. The molecule has 2 N–H and O–H groups in total. The molecule has 0 saturated heterocycles. The average molecular weight is 778 g/mol. The van der Waals surface area contributed by atoms with Crippen LogP contribution in [-0.2, 0) is 4.74 Å². The molecule has 5 nitrogen and oxygen atoms in total. The number of hydrogen-bond acceptors (Lipinski definition) is 2. The van der Waals surface area contributed by atoms with Crippen LogP contribution in [0.3, 0.4) is 0 Å². The van der Waals surface area contributed by atoms with E-state index in [2.05, 4.69) is 159 Å². The van der Waals surface area contributed by atoms with Crippen molar-refractivity contribution in [1.29, 1.82) is 0 Å². The van der Waals surface area contributed by atoms with Crippen LogP contribution in [0.4, 0.5) is 0 Å². The summed E-state index contributed by atoms with van der Waals surface area (Å²) < 4.78 is 11.9. The largest absolute Gasteiger partial charge is 0.464 e. The molecule has 0 saturated carbocycles. The average Bonchev–Trinajstić information content (AvgIpc) is 4.00. The summed E-state index contributed by atoms with van der Waals surface area (Å²) >= 11 is 0. The second-order valence-electron chi connectivity index (χ2n) is 17.1. The minimum absolute atomic E-state index is 0.465. The second-order valence-corrected chi connectivity index (χ2v) is 17.1. The molecule has 6 aromatic carbocycles. The van der Waals surface area contributed by atoms with Crippen LogP contribution in [0, 0.1) is 17.5 Å². The highest BCUT2D eigenvalue weighted by molar-refractivity contribution is 6.61. The summed E-state index contributed by atoms with van der Waals surface area (Å²) in [5.74, 6) is 2.36. The van der Waals surface area contributed by atoms with E-state index in [1.165, 1.54) is 82.1 Å². The molecule has 8 aromatic rings. The van der Waals surface area contributed by atoms with Crippen LogP contribution in [0.5, 0.6) is 0 Å². The van der Waals surface area contributed by atoms with Gasteiger partial charge < -0.3 is 19.6 Å². The summed E-state index contributed by atoms with van der Waals surface area (Å²) in [6, 6.07) is 42.7. The molecule has 284 valence electrons. The molecule has 1 aliphatic heterocycles. The molecule has 2 aliphatic carbocycles. The van der Waals surface area contributed by atoms with Gasteiger partial charge >= 0.3 is 0 Å². The van der Waals surface area contributed by atoms with Crippen LogP contribution in [0.1, 0.15) is 24.0 Å². The fraction of sp³-hybridized carbons (Fsp3) is 0.0600. The first-order valence-corrected chi connectivity index (χ1v) is 21.2. The lowest BCUT2D eigenvalue weighted by molar-refractivity contribution is 0.290. The van der Waals surface area contributed by atoms with Crippen molar-refractivity contribution >= 4 is 141 Å². The monoisotopic (exact) mass is 778 g/mol. The molecular formula is C50H40B6N4O. The van der Waals surface area contributed by atoms with Crippen LogP contribution < -0.4 is 38.5 Å². The fourth-order valence-corrected chi connectivity index (χ4v) is 10.5. The van der Waals surface area contributed by atoms with E-state index >= 15 is 0 Å². The van der Waals surface area contributed by atoms with Crippen molar-refractivity contribution in [2.75, 3.05) is 0 Å². The Morgan fingerprint density at radius 2 is 1.34 bits per heavy atom. The summed E-state index contributed by atoms with van der Waals surface area (Å²) in [6.45, 7) is 0. The number of benzene rings is 5. The highest BCUT2D eigenvalue weighted by atomic mass is 16.5. The number of amidine groups is 1. The van der Waals surface area contributed by atoms with Crippen molar-refractivity contribution in [2.45, 2.75) is 12.8 Å². The lowest BCUT2D eigenvalue weighted by atomic mass is 9.74. The summed E-state index contributed by atoms with van der Waals surface area (Å²) in [7, 11) is 13.6. The Morgan fingerprint density at radius 1 is 0.721 bits per heavy atom. The van der Waals surface area contributed by atoms with Crippen molar-refractivity contribution in [3.8, 4) is 5.69 Å². The van der Waals surface area contributed by atoms with Gasteiger partial charge in [-0.25, -0.2) is 4.99 Å². The van der Waals surface area contributed by atoms with Crippen LogP contribution in [0.2, 0.25) is 0 Å². The number of rotatable bonds is 6. The molecule has 3 heterocycles. The molecule has 1 unspecified atom stereocenters. The van der Waals surface area contributed by atoms with Gasteiger partial charge in [0.1, 0.15) is 64.4 Å². The van der Waals surface area contributed by atoms with E-state index in [0.717, 1.165) is 52.4 Å². The molecule has 0 bridgehead atoms. The van der Waals surface area contributed by atoms with Gasteiger partial charge in [-0.2, -0.15) is 0 Å². The zero-order valence-corrected chi connectivity index (χ0v) is 35.4. The maximum Gasteiger partial charge on any atom is 0.142 e. The third-order valence-corrected chi connectivity index (χ3v) is 13.2. The van der Waals surface area contributed by atoms with Crippen molar-refractivity contribution in [3.05, 3.63) is 174 Å². The van der Waals surface area contributed by atoms with Gasteiger partial charge in [0.25, 0.3) is 0 Å². The molecule has 1 atom stereocenters. The van der Waals surface area contributed by atoms with Crippen LogP contribution >= 0.6 is 0 Å². The van der Waals surface area contributed by atoms with Gasteiger partial charge in [-0.1, -0.05) is 142 Å². The van der Waals surface area contributed by atoms with E-state index in [1.54, 1.807) is 0 Å². The van der Waals surface area contributed by atoms with Gasteiger partial charge in [-0.3, -0.25) is 0 Å². The van der Waals surface area contributed by atoms with Gasteiger partial charge in [-0.15, -0.1) is 0 Å². The Kier molecular flexibility index (Phi) is 8.41. The Hall–Kier alpha value is -6.90. The fourth-order valence-electron chi connectivity index (χ4n) is 10.5. The smallest absolute Gasteiger partial charge is 0.142 e. The minimum atomic E-state index is -0.669. The standard InChI is InChI=1S/C50H40B6N4O/c51-29-21-33-41-43(55)44(56)42-34-22-30(52)24-37(54)46(34)60(48(42)47(41)59(45(33)36(53)23-29)31-15-8-3-9-16-31)32-18-19-39-35(25-32)50(20-10-17-40(50)61-39)26-38(27-11-4-1-5-12-27)58-49(57)28-13-6-2-7-14-28/h1-8,10-15,17,20-26H,18-19,51-56H2,(H2,57,58)/b38-26+. The molecule has 0 radical (unpaired) electrons. The number of aromatic nitrogens is 2. The lowest BCUT2D eigenvalue weighted by Gasteiger charge is -2.25. The predicted molar refractivity (Wildman–Crippen MR) is 273 cm³/mol. The Balaban J connectivity index is 1.23. The number of ether oxygens (including phenoxy) is 1. The van der Waals surface area contributed by atoms with Crippen LogP contribution in [-0.4, -0.2) is 62.0 Å². The van der Waals surface area contributed by atoms with Crippen LogP contribution in [0.25, 0.3) is 60.7 Å². The maximum absolute atomic E-state index is 6.83. The molecule has 0 amide bonds. The Morgan fingerprint density at radius 3 is 1.98 bits per heavy atom. The predicted octanol–water partition coefficient (Wildman–Crippen LogP) is 0.848. The van der Waals surface area contributed by atoms with E-state index in [9.17, 15) is 0 Å². The highest BCUT2D eigenvalue weighted by Crippen LogP contribution is 2.56.